The lowest BCUT2D eigenvalue weighted by Crippen LogP contribution is -2.57. The van der Waals surface area contributed by atoms with Gasteiger partial charge in [0.05, 0.1) is 12.5 Å². The summed E-state index contributed by atoms with van der Waals surface area (Å²) in [7, 11) is 0. The lowest BCUT2D eigenvalue weighted by Gasteiger charge is -2.24. The van der Waals surface area contributed by atoms with Crippen molar-refractivity contribution in [2.75, 3.05) is 0 Å². The fourth-order valence-electron chi connectivity index (χ4n) is 2.70. The highest BCUT2D eigenvalue weighted by molar-refractivity contribution is 5.95. The summed E-state index contributed by atoms with van der Waals surface area (Å²) in [5, 5.41) is 42.0. The van der Waals surface area contributed by atoms with Crippen molar-refractivity contribution in [1.82, 2.24) is 16.0 Å². The van der Waals surface area contributed by atoms with Gasteiger partial charge in [0.15, 0.2) is 0 Å². The number of carboxylic acid groups (broad SMARTS) is 4. The second kappa shape index (κ2) is 15.6. The van der Waals surface area contributed by atoms with E-state index in [0.29, 0.717) is 0 Å². The maximum Gasteiger partial charge on any atom is 0.326 e. The van der Waals surface area contributed by atoms with Crippen LogP contribution < -0.4 is 27.4 Å². The molecule has 0 bridgehead atoms. The van der Waals surface area contributed by atoms with Gasteiger partial charge in [0.2, 0.25) is 23.6 Å². The molecule has 0 aromatic heterocycles. The van der Waals surface area contributed by atoms with E-state index in [4.69, 9.17) is 26.8 Å². The molecule has 4 amide bonds. The molecule has 0 radical (unpaired) electrons. The molecule has 0 aliphatic rings. The molecule has 0 spiro atoms. The highest BCUT2D eigenvalue weighted by Crippen LogP contribution is 2.05. The van der Waals surface area contributed by atoms with Gasteiger partial charge in [-0.1, -0.05) is 0 Å². The second-order valence-corrected chi connectivity index (χ2v) is 7.60. The predicted octanol–water partition coefficient (Wildman–Crippen LogP) is -3.68. The van der Waals surface area contributed by atoms with Gasteiger partial charge in [0.1, 0.15) is 18.1 Å². The van der Waals surface area contributed by atoms with Gasteiger partial charge in [-0.25, -0.2) is 4.79 Å². The van der Waals surface area contributed by atoms with Gasteiger partial charge < -0.3 is 47.8 Å². The summed E-state index contributed by atoms with van der Waals surface area (Å²) in [4.78, 5) is 92.4. The Hall–Kier alpha value is -4.28. The minimum atomic E-state index is -1.85. The van der Waals surface area contributed by atoms with Crippen molar-refractivity contribution in [2.24, 2.45) is 11.5 Å². The van der Waals surface area contributed by atoms with Crippen molar-refractivity contribution < 1.29 is 58.8 Å². The first-order chi connectivity index (χ1) is 16.6. The number of primary amides is 1. The second-order valence-electron chi connectivity index (χ2n) is 7.60. The molecule has 4 unspecified atom stereocenters. The van der Waals surface area contributed by atoms with Gasteiger partial charge in [-0.2, -0.15) is 0 Å². The van der Waals surface area contributed by atoms with Crippen LogP contribution in [-0.4, -0.2) is 92.1 Å². The van der Waals surface area contributed by atoms with Crippen molar-refractivity contribution in [1.29, 1.82) is 0 Å². The maximum atomic E-state index is 12.7. The number of hydrogen-bond acceptors (Lipinski definition) is 9. The Morgan fingerprint density at radius 1 is 0.583 bits per heavy atom. The summed E-state index contributed by atoms with van der Waals surface area (Å²) >= 11 is 0. The van der Waals surface area contributed by atoms with Gasteiger partial charge >= 0.3 is 23.9 Å². The normalized spacial score (nSPS) is 13.8. The summed E-state index contributed by atoms with van der Waals surface area (Å²) in [6.07, 6.45) is -3.77. The quantitative estimate of drug-likeness (QED) is 0.0843. The Balaban J connectivity index is 5.58. The van der Waals surface area contributed by atoms with E-state index < -0.39 is 110 Å². The van der Waals surface area contributed by atoms with Crippen LogP contribution in [0, 0.1) is 0 Å². The van der Waals surface area contributed by atoms with E-state index in [9.17, 15) is 43.5 Å². The summed E-state index contributed by atoms with van der Waals surface area (Å²) < 4.78 is 0. The van der Waals surface area contributed by atoms with Crippen molar-refractivity contribution in [2.45, 2.75) is 69.1 Å². The zero-order valence-electron chi connectivity index (χ0n) is 19.0. The molecule has 17 nitrogen and oxygen atoms in total. The third-order valence-electron chi connectivity index (χ3n) is 4.59. The SMILES string of the molecule is NC(=O)CCC(NC(=O)C(CC(=O)O)NC(=O)C(CCC(=O)O)NC(=O)C(N)CCC(=O)O)C(=O)O. The number of carboxylic acids is 4. The van der Waals surface area contributed by atoms with Gasteiger partial charge in [-0.05, 0) is 19.3 Å². The fourth-order valence-corrected chi connectivity index (χ4v) is 2.70. The average molecular weight is 519 g/mol. The molecule has 0 fully saturated rings. The molecule has 0 saturated carbocycles. The maximum absolute atomic E-state index is 12.7. The molecule has 0 aliphatic carbocycles. The highest BCUT2D eigenvalue weighted by Gasteiger charge is 2.32. The number of aliphatic carboxylic acids is 4. The van der Waals surface area contributed by atoms with Crippen LogP contribution in [-0.2, 0) is 38.4 Å². The van der Waals surface area contributed by atoms with Gasteiger partial charge in [-0.15, -0.1) is 0 Å². The molecule has 0 heterocycles. The molecule has 36 heavy (non-hydrogen) atoms. The predicted molar refractivity (Wildman–Crippen MR) is 116 cm³/mol. The van der Waals surface area contributed by atoms with Crippen LogP contribution in [0.5, 0.6) is 0 Å². The zero-order valence-corrected chi connectivity index (χ0v) is 19.0. The summed E-state index contributed by atoms with van der Waals surface area (Å²) in [6, 6.07) is -6.48. The smallest absolute Gasteiger partial charge is 0.326 e. The molecule has 11 N–H and O–H groups in total. The average Bonchev–Trinajstić information content (AvgIpc) is 2.75. The van der Waals surface area contributed by atoms with Crippen LogP contribution in [0.3, 0.4) is 0 Å². The van der Waals surface area contributed by atoms with Gasteiger partial charge in [0, 0.05) is 19.3 Å². The summed E-state index contributed by atoms with van der Waals surface area (Å²) in [5.74, 6) is -10.0. The topological polar surface area (TPSA) is 306 Å². The van der Waals surface area contributed by atoms with E-state index in [-0.39, 0.29) is 6.42 Å². The zero-order chi connectivity index (χ0) is 28.0. The Morgan fingerprint density at radius 3 is 1.50 bits per heavy atom. The monoisotopic (exact) mass is 519 g/mol. The van der Waals surface area contributed by atoms with Crippen molar-refractivity contribution in [3.05, 3.63) is 0 Å². The third-order valence-corrected chi connectivity index (χ3v) is 4.59. The van der Waals surface area contributed by atoms with Crippen molar-refractivity contribution >= 4 is 47.5 Å². The molecule has 0 aromatic carbocycles. The first-order valence-electron chi connectivity index (χ1n) is 10.5. The van der Waals surface area contributed by atoms with Crippen LogP contribution in [0.4, 0.5) is 0 Å². The molecular formula is C19H29N5O12. The van der Waals surface area contributed by atoms with Gasteiger partial charge in [-0.3, -0.25) is 33.6 Å². The molecule has 4 atom stereocenters. The molecule has 0 saturated heterocycles. The van der Waals surface area contributed by atoms with Crippen LogP contribution in [0.1, 0.15) is 44.9 Å². The standard InChI is InChI=1S/C19H29N5O12/c20-8(1-5-13(26)27)16(32)22-9(3-6-14(28)29)17(33)24-11(7-15(30)31)18(34)23-10(19(35)36)2-4-12(21)25/h8-11H,1-7,20H2,(H2,21,25)(H,22,32)(H,23,34)(H,24,33)(H,26,27)(H,28,29)(H,30,31)(H,35,36). The Kier molecular flexibility index (Phi) is 13.7. The first-order valence-corrected chi connectivity index (χ1v) is 10.5. The van der Waals surface area contributed by atoms with Crippen LogP contribution in [0.15, 0.2) is 0 Å². The van der Waals surface area contributed by atoms with Crippen LogP contribution in [0.2, 0.25) is 0 Å². The molecule has 17 heteroatoms. The van der Waals surface area contributed by atoms with E-state index in [1.54, 1.807) is 0 Å². The third kappa shape index (κ3) is 13.4. The number of carbonyl (C=O) groups excluding carboxylic acids is 4. The number of amides is 4. The van der Waals surface area contributed by atoms with E-state index in [1.807, 2.05) is 10.6 Å². The van der Waals surface area contributed by atoms with Crippen molar-refractivity contribution in [3.63, 3.8) is 0 Å². The van der Waals surface area contributed by atoms with Gasteiger partial charge in [0.25, 0.3) is 0 Å². The minimum Gasteiger partial charge on any atom is -0.481 e. The van der Waals surface area contributed by atoms with E-state index >= 15 is 0 Å². The lowest BCUT2D eigenvalue weighted by atomic mass is 10.1. The number of nitrogens with two attached hydrogens (primary N) is 2. The molecule has 202 valence electrons. The minimum absolute atomic E-state index is 0.305. The Bertz CT molecular complexity index is 877. The Morgan fingerprint density at radius 2 is 1.03 bits per heavy atom. The largest absolute Gasteiger partial charge is 0.481 e. The van der Waals surface area contributed by atoms with Crippen LogP contribution in [0.25, 0.3) is 0 Å². The summed E-state index contributed by atoms with van der Waals surface area (Å²) in [5.41, 5.74) is 10.5. The molecule has 0 rings (SSSR count). The molecule has 0 aromatic rings. The first kappa shape index (κ1) is 31.7. The van der Waals surface area contributed by atoms with E-state index in [2.05, 4.69) is 5.32 Å². The number of rotatable bonds is 18. The number of carbonyl (C=O) groups is 8. The Labute approximate surface area is 203 Å². The van der Waals surface area contributed by atoms with E-state index in [0.717, 1.165) is 0 Å². The molecular weight excluding hydrogens is 490 g/mol. The number of hydrogen-bond donors (Lipinski definition) is 9. The number of nitrogens with one attached hydrogen (secondary N) is 3. The highest BCUT2D eigenvalue weighted by atomic mass is 16.4. The van der Waals surface area contributed by atoms with Crippen LogP contribution >= 0.6 is 0 Å². The summed E-state index contributed by atoms with van der Waals surface area (Å²) in [6.45, 7) is 0. The molecule has 0 aliphatic heterocycles. The lowest BCUT2D eigenvalue weighted by molar-refractivity contribution is -0.144. The van der Waals surface area contributed by atoms with E-state index in [1.165, 1.54) is 0 Å². The van der Waals surface area contributed by atoms with Crippen molar-refractivity contribution in [3.8, 4) is 0 Å². The fraction of sp³-hybridized carbons (Fsp3) is 0.579.